The number of allylic oxidation sites excluding steroid dienone is 2. The van der Waals surface area contributed by atoms with Gasteiger partial charge in [0.1, 0.15) is 11.9 Å². The number of hydrogen-bond donors (Lipinski definition) is 0. The summed E-state index contributed by atoms with van der Waals surface area (Å²) in [6.45, 7) is 0. The average Bonchev–Trinajstić information content (AvgIpc) is 3.60. The molecule has 51 heavy (non-hydrogen) atoms. The highest BCUT2D eigenvalue weighted by atomic mass is 16.5. The van der Waals surface area contributed by atoms with E-state index in [1.54, 1.807) is 0 Å². The van der Waals surface area contributed by atoms with Gasteiger partial charge in [-0.2, -0.15) is 0 Å². The summed E-state index contributed by atoms with van der Waals surface area (Å²) < 4.78 is 6.81. The number of benzene rings is 7. The molecule has 2 heterocycles. The molecule has 8 aromatic rings. The molecule has 7 aromatic carbocycles. The van der Waals surface area contributed by atoms with E-state index in [0.717, 1.165) is 44.7 Å². The fourth-order valence-electron chi connectivity index (χ4n) is 7.64. The van der Waals surface area contributed by atoms with Crippen LogP contribution in [-0.4, -0.2) is 21.1 Å². The molecular formula is C47H31N3O. The van der Waals surface area contributed by atoms with Crippen molar-refractivity contribution in [3.63, 3.8) is 0 Å². The Hall–Kier alpha value is -6.65. The van der Waals surface area contributed by atoms with Crippen LogP contribution in [0.5, 0.6) is 5.75 Å². The molecule has 1 aliphatic carbocycles. The Labute approximate surface area is 296 Å². The molecule has 0 fully saturated rings. The van der Waals surface area contributed by atoms with Crippen molar-refractivity contribution in [3.05, 3.63) is 182 Å². The van der Waals surface area contributed by atoms with E-state index in [1.807, 2.05) is 30.3 Å². The first kappa shape index (κ1) is 29.3. The second kappa shape index (κ2) is 12.0. The molecule has 2 aliphatic rings. The van der Waals surface area contributed by atoms with Crippen molar-refractivity contribution < 1.29 is 4.74 Å². The van der Waals surface area contributed by atoms with Gasteiger partial charge in [-0.1, -0.05) is 158 Å². The van der Waals surface area contributed by atoms with E-state index in [9.17, 15) is 0 Å². The lowest BCUT2D eigenvalue weighted by Crippen LogP contribution is -2.16. The highest BCUT2D eigenvalue weighted by Crippen LogP contribution is 2.51. The molecule has 0 saturated heterocycles. The maximum Gasteiger partial charge on any atom is 0.164 e. The van der Waals surface area contributed by atoms with Crippen LogP contribution in [0.3, 0.4) is 0 Å². The number of hydrogen-bond acceptors (Lipinski definition) is 4. The monoisotopic (exact) mass is 653 g/mol. The largest absolute Gasteiger partial charge is 0.484 e. The van der Waals surface area contributed by atoms with E-state index in [-0.39, 0.29) is 12.0 Å². The average molecular weight is 654 g/mol. The summed E-state index contributed by atoms with van der Waals surface area (Å²) in [7, 11) is 0. The molecule has 4 nitrogen and oxygen atoms in total. The van der Waals surface area contributed by atoms with Gasteiger partial charge >= 0.3 is 0 Å². The van der Waals surface area contributed by atoms with Gasteiger partial charge in [0.25, 0.3) is 0 Å². The van der Waals surface area contributed by atoms with E-state index in [0.29, 0.717) is 17.5 Å². The lowest BCUT2D eigenvalue weighted by atomic mass is 9.86. The van der Waals surface area contributed by atoms with Crippen molar-refractivity contribution in [1.82, 2.24) is 15.0 Å². The maximum absolute atomic E-state index is 6.81. The third kappa shape index (κ3) is 5.03. The lowest BCUT2D eigenvalue weighted by Gasteiger charge is -2.16. The van der Waals surface area contributed by atoms with E-state index < -0.39 is 0 Å². The van der Waals surface area contributed by atoms with Crippen molar-refractivity contribution in [2.24, 2.45) is 0 Å². The topological polar surface area (TPSA) is 47.9 Å². The van der Waals surface area contributed by atoms with E-state index in [4.69, 9.17) is 19.7 Å². The quantitative estimate of drug-likeness (QED) is 0.185. The van der Waals surface area contributed by atoms with Gasteiger partial charge in [-0.25, -0.2) is 15.0 Å². The molecule has 0 amide bonds. The van der Waals surface area contributed by atoms with Crippen molar-refractivity contribution in [3.8, 4) is 62.2 Å². The fraction of sp³-hybridized carbons (Fsp3) is 0.0426. The first-order chi connectivity index (χ1) is 25.3. The summed E-state index contributed by atoms with van der Waals surface area (Å²) in [5.41, 5.74) is 8.50. The second-order valence-corrected chi connectivity index (χ2v) is 13.1. The SMILES string of the molecule is C1=CC2Oc3c(-c4cccc5ccccc45)ccc(-c4nc(-c5ccccc5)nc(-c5ccc(-c6cccc7ccccc67)cc5)n4)c3C2C=C1. The van der Waals surface area contributed by atoms with Gasteiger partial charge in [-0.05, 0) is 56.4 Å². The van der Waals surface area contributed by atoms with Crippen LogP contribution in [0.2, 0.25) is 0 Å². The summed E-state index contributed by atoms with van der Waals surface area (Å²) in [5.74, 6) is 2.82. The Balaban J connectivity index is 1.14. The Morgan fingerprint density at radius 2 is 0.941 bits per heavy atom. The Kier molecular flexibility index (Phi) is 6.91. The Morgan fingerprint density at radius 1 is 0.392 bits per heavy atom. The van der Waals surface area contributed by atoms with Crippen LogP contribution in [-0.2, 0) is 0 Å². The number of nitrogens with zero attached hydrogens (tertiary/aromatic N) is 3. The number of ether oxygens (including phenoxy) is 1. The lowest BCUT2D eigenvalue weighted by molar-refractivity contribution is 0.270. The van der Waals surface area contributed by atoms with Gasteiger partial charge in [-0.15, -0.1) is 0 Å². The van der Waals surface area contributed by atoms with Crippen molar-refractivity contribution in [2.75, 3.05) is 0 Å². The van der Waals surface area contributed by atoms with Crippen LogP contribution < -0.4 is 4.74 Å². The smallest absolute Gasteiger partial charge is 0.164 e. The van der Waals surface area contributed by atoms with Crippen LogP contribution in [0.25, 0.3) is 78.0 Å². The van der Waals surface area contributed by atoms with Crippen LogP contribution >= 0.6 is 0 Å². The normalized spacial score (nSPS) is 15.8. The zero-order valence-electron chi connectivity index (χ0n) is 27.6. The molecule has 240 valence electrons. The van der Waals surface area contributed by atoms with Crippen molar-refractivity contribution >= 4 is 21.5 Å². The van der Waals surface area contributed by atoms with E-state index in [1.165, 1.54) is 27.1 Å². The van der Waals surface area contributed by atoms with Crippen molar-refractivity contribution in [1.29, 1.82) is 0 Å². The summed E-state index contributed by atoms with van der Waals surface area (Å²) >= 11 is 0. The maximum atomic E-state index is 6.81. The fourth-order valence-corrected chi connectivity index (χ4v) is 7.64. The minimum absolute atomic E-state index is 0.0373. The van der Waals surface area contributed by atoms with E-state index in [2.05, 4.69) is 146 Å². The zero-order chi connectivity index (χ0) is 33.7. The molecule has 0 spiro atoms. The molecule has 2 unspecified atom stereocenters. The summed E-state index contributed by atoms with van der Waals surface area (Å²) in [4.78, 5) is 15.4. The molecule has 4 heteroatoms. The molecule has 10 rings (SSSR count). The number of fused-ring (bicyclic) bond motifs is 5. The third-order valence-corrected chi connectivity index (χ3v) is 10.1. The van der Waals surface area contributed by atoms with Crippen LogP contribution in [0.4, 0.5) is 0 Å². The van der Waals surface area contributed by atoms with E-state index >= 15 is 0 Å². The molecule has 1 aliphatic heterocycles. The molecule has 0 saturated carbocycles. The zero-order valence-corrected chi connectivity index (χ0v) is 27.6. The third-order valence-electron chi connectivity index (χ3n) is 10.1. The molecule has 1 aromatic heterocycles. The molecule has 0 N–H and O–H groups in total. The van der Waals surface area contributed by atoms with Crippen LogP contribution in [0, 0.1) is 0 Å². The van der Waals surface area contributed by atoms with Gasteiger partial charge in [-0.3, -0.25) is 0 Å². The Bertz CT molecular complexity index is 2670. The standard InChI is InChI=1S/C47H31N3O/c1-2-14-33(15-3-1)45-48-46(34-26-24-32(25-27-34)36-21-10-16-30-12-4-6-18-35(30)36)50-47(49-45)41-29-28-39(38-22-11-17-31-13-5-7-19-37(31)38)44-43(41)40-20-8-9-23-42(40)51-44/h1-29,40,42H. The highest BCUT2D eigenvalue weighted by molar-refractivity contribution is 5.99. The summed E-state index contributed by atoms with van der Waals surface area (Å²) in [6, 6.07) is 53.0. The number of rotatable bonds is 5. The minimum Gasteiger partial charge on any atom is -0.484 e. The Morgan fingerprint density at radius 3 is 1.69 bits per heavy atom. The molecule has 0 radical (unpaired) electrons. The van der Waals surface area contributed by atoms with Gasteiger partial charge in [0.2, 0.25) is 0 Å². The summed E-state index contributed by atoms with van der Waals surface area (Å²) in [5, 5.41) is 4.85. The number of aromatic nitrogens is 3. The first-order valence-corrected chi connectivity index (χ1v) is 17.4. The van der Waals surface area contributed by atoms with Gasteiger partial charge in [0, 0.05) is 33.7 Å². The molecule has 2 atom stereocenters. The minimum atomic E-state index is -0.101. The van der Waals surface area contributed by atoms with Gasteiger partial charge in [0.15, 0.2) is 17.5 Å². The molecule has 0 bridgehead atoms. The predicted molar refractivity (Wildman–Crippen MR) is 207 cm³/mol. The van der Waals surface area contributed by atoms with Crippen LogP contribution in [0.15, 0.2) is 176 Å². The van der Waals surface area contributed by atoms with Gasteiger partial charge < -0.3 is 4.74 Å². The van der Waals surface area contributed by atoms with Crippen LogP contribution in [0.1, 0.15) is 11.5 Å². The van der Waals surface area contributed by atoms with Gasteiger partial charge in [0.05, 0.1) is 0 Å². The van der Waals surface area contributed by atoms with Crippen molar-refractivity contribution in [2.45, 2.75) is 12.0 Å². The molecular weight excluding hydrogens is 623 g/mol. The highest BCUT2D eigenvalue weighted by Gasteiger charge is 2.37. The predicted octanol–water partition coefficient (Wildman–Crippen LogP) is 11.5. The first-order valence-electron chi connectivity index (χ1n) is 17.4. The summed E-state index contributed by atoms with van der Waals surface area (Å²) in [6.07, 6.45) is 8.46. The second-order valence-electron chi connectivity index (χ2n) is 13.1.